The molecule has 0 aromatic heterocycles. The summed E-state index contributed by atoms with van der Waals surface area (Å²) in [6, 6.07) is 0. The topological polar surface area (TPSA) is 82.1 Å². The van der Waals surface area contributed by atoms with Gasteiger partial charge in [-0.3, -0.25) is 4.55 Å². The zero-order valence-electron chi connectivity index (χ0n) is 9.37. The Kier molecular flexibility index (Phi) is 4.84. The molecule has 1 N–H and O–H groups in total. The van der Waals surface area contributed by atoms with Gasteiger partial charge in [0.15, 0.2) is 5.79 Å². The summed E-state index contributed by atoms with van der Waals surface area (Å²) in [5.41, 5.74) is 0. The van der Waals surface area contributed by atoms with Crippen molar-refractivity contribution in [2.75, 3.05) is 13.2 Å². The van der Waals surface area contributed by atoms with E-state index in [0.29, 0.717) is 12.8 Å². The zero-order valence-corrected chi connectivity index (χ0v) is 10.2. The second-order valence-corrected chi connectivity index (χ2v) is 4.75. The third-order valence-electron chi connectivity index (χ3n) is 2.23. The molecule has 1 atom stereocenters. The van der Waals surface area contributed by atoms with Crippen LogP contribution in [0.15, 0.2) is 25.3 Å². The molecule has 0 aliphatic carbocycles. The fourth-order valence-electron chi connectivity index (χ4n) is 1.60. The summed E-state index contributed by atoms with van der Waals surface area (Å²) in [4.78, 5) is 0. The molecule has 1 rings (SSSR count). The Morgan fingerprint density at radius 2 is 2.00 bits per heavy atom. The van der Waals surface area contributed by atoms with Crippen molar-refractivity contribution in [3.63, 3.8) is 0 Å². The van der Waals surface area contributed by atoms with Crippen molar-refractivity contribution in [3.8, 4) is 0 Å². The summed E-state index contributed by atoms with van der Waals surface area (Å²) >= 11 is 0. The molecule has 17 heavy (non-hydrogen) atoms. The van der Waals surface area contributed by atoms with Crippen LogP contribution in [0.25, 0.3) is 0 Å². The molecule has 98 valence electrons. The molecule has 0 saturated carbocycles. The highest BCUT2D eigenvalue weighted by Crippen LogP contribution is 2.31. The zero-order chi connectivity index (χ0) is 12.9. The van der Waals surface area contributed by atoms with Gasteiger partial charge in [0.25, 0.3) is 0 Å². The summed E-state index contributed by atoms with van der Waals surface area (Å²) in [5.74, 6) is -0.850. The minimum absolute atomic E-state index is 0.192. The Hall–Kier alpha value is -0.730. The predicted octanol–water partition coefficient (Wildman–Crippen LogP) is 1.07. The second-order valence-electron chi connectivity index (χ2n) is 3.66. The van der Waals surface area contributed by atoms with Crippen molar-refractivity contribution in [1.29, 1.82) is 0 Å². The van der Waals surface area contributed by atoms with Gasteiger partial charge in [-0.05, 0) is 0 Å². The summed E-state index contributed by atoms with van der Waals surface area (Å²) in [6.07, 6.45) is 3.67. The van der Waals surface area contributed by atoms with E-state index in [-0.39, 0.29) is 13.2 Å². The third kappa shape index (κ3) is 4.57. The SMILES string of the molecule is C=CCC1(CC=C)OCC(COS(=O)(=O)O)O1. The molecule has 1 unspecified atom stereocenters. The van der Waals surface area contributed by atoms with E-state index in [9.17, 15) is 8.42 Å². The van der Waals surface area contributed by atoms with Crippen molar-refractivity contribution in [1.82, 2.24) is 0 Å². The fraction of sp³-hybridized carbons (Fsp3) is 0.600. The molecule has 1 aliphatic rings. The van der Waals surface area contributed by atoms with Gasteiger partial charge in [-0.1, -0.05) is 12.2 Å². The Labute approximate surface area is 101 Å². The highest BCUT2D eigenvalue weighted by molar-refractivity contribution is 7.80. The van der Waals surface area contributed by atoms with Crippen molar-refractivity contribution in [3.05, 3.63) is 25.3 Å². The van der Waals surface area contributed by atoms with Crippen LogP contribution in [0, 0.1) is 0 Å². The van der Waals surface area contributed by atoms with Crippen LogP contribution in [0.3, 0.4) is 0 Å². The first-order valence-electron chi connectivity index (χ1n) is 5.06. The lowest BCUT2D eigenvalue weighted by Gasteiger charge is -2.25. The van der Waals surface area contributed by atoms with Crippen LogP contribution >= 0.6 is 0 Å². The van der Waals surface area contributed by atoms with Gasteiger partial charge < -0.3 is 9.47 Å². The number of ether oxygens (including phenoxy) is 2. The van der Waals surface area contributed by atoms with Crippen LogP contribution in [-0.4, -0.2) is 38.1 Å². The second kappa shape index (κ2) is 5.74. The highest BCUT2D eigenvalue weighted by atomic mass is 32.3. The van der Waals surface area contributed by atoms with Crippen LogP contribution in [0.2, 0.25) is 0 Å². The molecule has 0 aromatic carbocycles. The Balaban J connectivity index is 2.54. The van der Waals surface area contributed by atoms with E-state index in [1.807, 2.05) is 0 Å². The third-order valence-corrected chi connectivity index (χ3v) is 2.66. The molecule has 1 aliphatic heterocycles. The molecule has 0 radical (unpaired) electrons. The van der Waals surface area contributed by atoms with Crippen molar-refractivity contribution < 1.29 is 26.6 Å². The lowest BCUT2D eigenvalue weighted by Crippen LogP contribution is -2.30. The van der Waals surface area contributed by atoms with Gasteiger partial charge in [0.05, 0.1) is 13.2 Å². The number of rotatable bonds is 7. The molecular weight excluding hydrogens is 248 g/mol. The van der Waals surface area contributed by atoms with Gasteiger partial charge in [0, 0.05) is 12.8 Å². The molecule has 0 bridgehead atoms. The van der Waals surface area contributed by atoms with Crippen LogP contribution in [-0.2, 0) is 24.1 Å². The number of hydrogen-bond donors (Lipinski definition) is 1. The monoisotopic (exact) mass is 264 g/mol. The maximum atomic E-state index is 10.4. The first-order chi connectivity index (χ1) is 7.91. The van der Waals surface area contributed by atoms with Crippen molar-refractivity contribution >= 4 is 10.4 Å². The van der Waals surface area contributed by atoms with Crippen LogP contribution in [0.5, 0.6) is 0 Å². The maximum Gasteiger partial charge on any atom is 0.397 e. The van der Waals surface area contributed by atoms with Gasteiger partial charge >= 0.3 is 10.4 Å². The van der Waals surface area contributed by atoms with E-state index in [0.717, 1.165) is 0 Å². The Bertz CT molecular complexity index is 364. The number of hydrogen-bond acceptors (Lipinski definition) is 5. The predicted molar refractivity (Wildman–Crippen MR) is 60.7 cm³/mol. The average molecular weight is 264 g/mol. The van der Waals surface area contributed by atoms with Gasteiger partial charge in [0.2, 0.25) is 0 Å². The normalized spacial score (nSPS) is 23.5. The quantitative estimate of drug-likeness (QED) is 0.547. The first-order valence-corrected chi connectivity index (χ1v) is 6.43. The Morgan fingerprint density at radius 3 is 2.47 bits per heavy atom. The van der Waals surface area contributed by atoms with E-state index >= 15 is 0 Å². The summed E-state index contributed by atoms with van der Waals surface area (Å²) in [5, 5.41) is 0. The minimum atomic E-state index is -4.45. The van der Waals surface area contributed by atoms with Crippen molar-refractivity contribution in [2.24, 2.45) is 0 Å². The van der Waals surface area contributed by atoms with Gasteiger partial charge in [0.1, 0.15) is 6.10 Å². The molecule has 1 heterocycles. The van der Waals surface area contributed by atoms with Gasteiger partial charge in [-0.2, -0.15) is 8.42 Å². The first kappa shape index (κ1) is 14.3. The van der Waals surface area contributed by atoms with E-state index < -0.39 is 22.3 Å². The average Bonchev–Trinajstić information content (AvgIpc) is 2.59. The smallest absolute Gasteiger partial charge is 0.346 e. The minimum Gasteiger partial charge on any atom is -0.346 e. The van der Waals surface area contributed by atoms with E-state index in [1.165, 1.54) is 0 Å². The van der Waals surface area contributed by atoms with Crippen LogP contribution < -0.4 is 0 Å². The molecule has 1 fully saturated rings. The summed E-state index contributed by atoms with van der Waals surface area (Å²) in [7, 11) is -4.45. The molecule has 0 spiro atoms. The van der Waals surface area contributed by atoms with E-state index in [4.69, 9.17) is 14.0 Å². The fourth-order valence-corrected chi connectivity index (χ4v) is 1.92. The lowest BCUT2D eigenvalue weighted by molar-refractivity contribution is -0.165. The molecular formula is C10H16O6S. The van der Waals surface area contributed by atoms with Crippen molar-refractivity contribution in [2.45, 2.75) is 24.7 Å². The van der Waals surface area contributed by atoms with Gasteiger partial charge in [-0.15, -0.1) is 13.2 Å². The molecule has 0 amide bonds. The van der Waals surface area contributed by atoms with E-state index in [2.05, 4.69) is 17.3 Å². The lowest BCUT2D eigenvalue weighted by atomic mass is 10.1. The largest absolute Gasteiger partial charge is 0.397 e. The molecule has 7 heteroatoms. The summed E-state index contributed by atoms with van der Waals surface area (Å²) < 4.78 is 44.5. The van der Waals surface area contributed by atoms with Gasteiger partial charge in [-0.25, -0.2) is 4.18 Å². The molecule has 1 saturated heterocycles. The van der Waals surface area contributed by atoms with Crippen LogP contribution in [0.4, 0.5) is 0 Å². The molecule has 0 aromatic rings. The summed E-state index contributed by atoms with van der Waals surface area (Å²) in [6.45, 7) is 7.11. The van der Waals surface area contributed by atoms with Crippen LogP contribution in [0.1, 0.15) is 12.8 Å². The molecule has 6 nitrogen and oxygen atoms in total. The van der Waals surface area contributed by atoms with E-state index in [1.54, 1.807) is 12.2 Å². The maximum absolute atomic E-state index is 10.4. The standard InChI is InChI=1S/C10H16O6S/c1-3-5-10(6-4-2)14-7-9(16-10)8-15-17(11,12)13/h3-4,9H,1-2,5-8H2,(H,11,12,13). The highest BCUT2D eigenvalue weighted by Gasteiger charge is 2.40. The Morgan fingerprint density at radius 1 is 1.41 bits per heavy atom.